The first-order valence-corrected chi connectivity index (χ1v) is 24.4. The van der Waals surface area contributed by atoms with Gasteiger partial charge in [-0.25, -0.2) is 0 Å². The van der Waals surface area contributed by atoms with Gasteiger partial charge in [0.1, 0.15) is 30.5 Å². The van der Waals surface area contributed by atoms with Gasteiger partial charge in [-0.3, -0.25) is 4.79 Å². The summed E-state index contributed by atoms with van der Waals surface area (Å²) in [6.07, 6.45) is 40.7. The number of carbonyl (C=O) groups excluding carboxylic acids is 1. The summed E-state index contributed by atoms with van der Waals surface area (Å²) >= 11 is 0. The number of esters is 1. The number of aliphatic hydroxyl groups is 4. The van der Waals surface area contributed by atoms with E-state index in [1.165, 1.54) is 154 Å². The molecule has 6 atom stereocenters. The van der Waals surface area contributed by atoms with Crippen LogP contribution in [0.15, 0.2) is 24.3 Å². The molecule has 6 unspecified atom stereocenters. The van der Waals surface area contributed by atoms with Crippen molar-refractivity contribution in [2.75, 3.05) is 26.4 Å². The Hall–Kier alpha value is -1.33. The third kappa shape index (κ3) is 31.5. The van der Waals surface area contributed by atoms with Crippen LogP contribution in [0, 0.1) is 0 Å². The minimum Gasteiger partial charge on any atom is -0.457 e. The topological polar surface area (TPSA) is 135 Å². The van der Waals surface area contributed by atoms with Gasteiger partial charge in [0, 0.05) is 13.0 Å². The molecule has 9 heteroatoms. The summed E-state index contributed by atoms with van der Waals surface area (Å²) < 4.78 is 22.8. The predicted molar refractivity (Wildman–Crippen MR) is 238 cm³/mol. The lowest BCUT2D eigenvalue weighted by Crippen LogP contribution is -2.59. The highest BCUT2D eigenvalue weighted by atomic mass is 16.7. The van der Waals surface area contributed by atoms with Crippen LogP contribution in [0.3, 0.4) is 0 Å². The average Bonchev–Trinajstić information content (AvgIpc) is 3.22. The molecular weight excluding hydrogens is 733 g/mol. The van der Waals surface area contributed by atoms with E-state index in [0.717, 1.165) is 44.9 Å². The van der Waals surface area contributed by atoms with Gasteiger partial charge in [-0.2, -0.15) is 0 Å². The van der Waals surface area contributed by atoms with Crippen LogP contribution in [0.4, 0.5) is 0 Å². The monoisotopic (exact) mass is 825 g/mol. The van der Waals surface area contributed by atoms with Gasteiger partial charge in [-0.15, -0.1) is 0 Å². The lowest BCUT2D eigenvalue weighted by atomic mass is 9.99. The summed E-state index contributed by atoms with van der Waals surface area (Å²) in [6.45, 7) is 4.55. The van der Waals surface area contributed by atoms with E-state index in [-0.39, 0.29) is 19.2 Å². The maximum Gasteiger partial charge on any atom is 0.306 e. The molecule has 1 rings (SSSR count). The average molecular weight is 825 g/mol. The zero-order chi connectivity index (χ0) is 42.2. The van der Waals surface area contributed by atoms with E-state index in [9.17, 15) is 25.2 Å². The number of hydrogen-bond donors (Lipinski definition) is 4. The van der Waals surface area contributed by atoms with Gasteiger partial charge in [0.05, 0.1) is 19.8 Å². The molecule has 0 aromatic carbocycles. The van der Waals surface area contributed by atoms with Crippen molar-refractivity contribution in [3.8, 4) is 0 Å². The molecule has 0 radical (unpaired) electrons. The molecule has 0 bridgehead atoms. The van der Waals surface area contributed by atoms with E-state index in [1.54, 1.807) is 0 Å². The molecule has 0 aliphatic carbocycles. The first-order chi connectivity index (χ1) is 28.4. The number of aliphatic hydroxyl groups excluding tert-OH is 4. The molecule has 0 amide bonds. The van der Waals surface area contributed by atoms with Crippen LogP contribution in [0.25, 0.3) is 0 Å². The second-order valence-electron chi connectivity index (χ2n) is 16.9. The number of ether oxygens (including phenoxy) is 4. The van der Waals surface area contributed by atoms with Crippen LogP contribution >= 0.6 is 0 Å². The normalized spacial score (nSPS) is 20.4. The van der Waals surface area contributed by atoms with Gasteiger partial charge in [0.15, 0.2) is 6.29 Å². The molecule has 1 saturated heterocycles. The predicted octanol–water partition coefficient (Wildman–Crippen LogP) is 11.4. The Morgan fingerprint density at radius 1 is 0.534 bits per heavy atom. The Balaban J connectivity index is 2.19. The van der Waals surface area contributed by atoms with Crippen molar-refractivity contribution >= 4 is 5.97 Å². The van der Waals surface area contributed by atoms with Gasteiger partial charge < -0.3 is 39.4 Å². The van der Waals surface area contributed by atoms with E-state index >= 15 is 0 Å². The summed E-state index contributed by atoms with van der Waals surface area (Å²) in [4.78, 5) is 12.8. The first kappa shape index (κ1) is 54.7. The fourth-order valence-electron chi connectivity index (χ4n) is 7.48. The molecule has 1 fully saturated rings. The lowest BCUT2D eigenvalue weighted by molar-refractivity contribution is -0.305. The Kier molecular flexibility index (Phi) is 38.7. The highest BCUT2D eigenvalue weighted by Crippen LogP contribution is 2.23. The van der Waals surface area contributed by atoms with Crippen LogP contribution in [0.2, 0.25) is 0 Å². The quantitative estimate of drug-likeness (QED) is 0.0269. The third-order valence-electron chi connectivity index (χ3n) is 11.3. The van der Waals surface area contributed by atoms with Crippen LogP contribution in [0.5, 0.6) is 0 Å². The summed E-state index contributed by atoms with van der Waals surface area (Å²) in [7, 11) is 0. The molecule has 0 aromatic heterocycles. The molecule has 9 nitrogen and oxygen atoms in total. The second kappa shape index (κ2) is 41.0. The molecule has 342 valence electrons. The molecule has 1 aliphatic heterocycles. The van der Waals surface area contributed by atoms with Crippen molar-refractivity contribution < 1.29 is 44.2 Å². The van der Waals surface area contributed by atoms with Crippen molar-refractivity contribution in [1.82, 2.24) is 0 Å². The largest absolute Gasteiger partial charge is 0.457 e. The number of unbranched alkanes of at least 4 members (excludes halogenated alkanes) is 27. The number of allylic oxidation sites excluding steroid dienone is 4. The third-order valence-corrected chi connectivity index (χ3v) is 11.3. The highest BCUT2D eigenvalue weighted by molar-refractivity contribution is 5.69. The second-order valence-corrected chi connectivity index (χ2v) is 16.9. The van der Waals surface area contributed by atoms with Crippen molar-refractivity contribution in [2.24, 2.45) is 0 Å². The Morgan fingerprint density at radius 2 is 0.948 bits per heavy atom. The van der Waals surface area contributed by atoms with Crippen molar-refractivity contribution in [1.29, 1.82) is 0 Å². The molecule has 0 aromatic rings. The minimum atomic E-state index is -1.54. The Bertz CT molecular complexity index is 941. The maximum atomic E-state index is 12.8. The van der Waals surface area contributed by atoms with Gasteiger partial charge in [-0.1, -0.05) is 173 Å². The fourth-order valence-corrected chi connectivity index (χ4v) is 7.48. The van der Waals surface area contributed by atoms with Crippen molar-refractivity contribution in [3.05, 3.63) is 24.3 Å². The van der Waals surface area contributed by atoms with Crippen molar-refractivity contribution in [3.63, 3.8) is 0 Å². The number of hydrogen-bond acceptors (Lipinski definition) is 9. The van der Waals surface area contributed by atoms with Crippen molar-refractivity contribution in [2.45, 2.75) is 256 Å². The minimum absolute atomic E-state index is 0.114. The zero-order valence-corrected chi connectivity index (χ0v) is 37.6. The first-order valence-electron chi connectivity index (χ1n) is 24.4. The number of carbonyl (C=O) groups is 1. The van der Waals surface area contributed by atoms with Gasteiger partial charge in [-0.05, 0) is 64.2 Å². The smallest absolute Gasteiger partial charge is 0.306 e. The van der Waals surface area contributed by atoms with Crippen LogP contribution in [0.1, 0.15) is 219 Å². The fraction of sp³-hybridized carbons (Fsp3) is 0.898. The number of rotatable bonds is 42. The van der Waals surface area contributed by atoms with Gasteiger partial charge in [0.25, 0.3) is 0 Å². The van der Waals surface area contributed by atoms with E-state index < -0.39 is 43.4 Å². The zero-order valence-electron chi connectivity index (χ0n) is 37.6. The molecule has 0 saturated carbocycles. The molecule has 1 aliphatic rings. The van der Waals surface area contributed by atoms with Crippen LogP contribution in [-0.2, 0) is 23.7 Å². The van der Waals surface area contributed by atoms with E-state index in [4.69, 9.17) is 18.9 Å². The SMILES string of the molecule is CCCCCC/C=C\CCCCCCCC(=O)OC(COCCCCCCCCCCCC/C=C\CCCCCCCCCC)COC1OC(CO)C(O)C(O)C1O. The lowest BCUT2D eigenvalue weighted by Gasteiger charge is -2.39. The summed E-state index contributed by atoms with van der Waals surface area (Å²) in [5.41, 5.74) is 0. The standard InChI is InChI=1S/C49H92O9/c1-3-5-7-9-11-13-15-17-18-19-20-21-22-23-24-25-27-29-31-33-35-37-39-55-41-43(42-56-49-48(54)47(53)46(52)44(40-50)58-49)57-45(51)38-36-34-32-30-28-26-16-14-12-10-8-6-4-2/h14,16,19-20,43-44,46-50,52-54H,3-13,15,17-18,21-42H2,1-2H3/b16-14-,20-19-. The van der Waals surface area contributed by atoms with E-state index in [0.29, 0.717) is 13.0 Å². The molecule has 0 spiro atoms. The Labute approximate surface area is 356 Å². The summed E-state index contributed by atoms with van der Waals surface area (Å²) in [6, 6.07) is 0. The Morgan fingerprint density at radius 3 is 1.41 bits per heavy atom. The summed E-state index contributed by atoms with van der Waals surface area (Å²) in [5, 5.41) is 40.1. The highest BCUT2D eigenvalue weighted by Gasteiger charge is 2.44. The van der Waals surface area contributed by atoms with E-state index in [2.05, 4.69) is 38.2 Å². The van der Waals surface area contributed by atoms with Crippen LogP contribution in [-0.4, -0.2) is 89.6 Å². The molecule has 1 heterocycles. The molecule has 58 heavy (non-hydrogen) atoms. The van der Waals surface area contributed by atoms with Gasteiger partial charge >= 0.3 is 5.97 Å². The van der Waals surface area contributed by atoms with Crippen LogP contribution < -0.4 is 0 Å². The maximum absolute atomic E-state index is 12.8. The molecular formula is C49H92O9. The van der Waals surface area contributed by atoms with Gasteiger partial charge in [0.2, 0.25) is 0 Å². The van der Waals surface area contributed by atoms with E-state index in [1.807, 2.05) is 0 Å². The summed E-state index contributed by atoms with van der Waals surface area (Å²) in [5.74, 6) is -0.321. The molecule has 4 N–H and O–H groups in total.